The van der Waals surface area contributed by atoms with Crippen molar-refractivity contribution in [1.82, 2.24) is 4.90 Å². The van der Waals surface area contributed by atoms with E-state index >= 15 is 0 Å². The van der Waals surface area contributed by atoms with Gasteiger partial charge in [0.15, 0.2) is 0 Å². The Hall–Kier alpha value is -1.08. The maximum absolute atomic E-state index is 2.55. The lowest BCUT2D eigenvalue weighted by Gasteiger charge is -2.25. The second-order valence-corrected chi connectivity index (χ2v) is 3.85. The molecule has 0 fully saturated rings. The molecule has 13 heavy (non-hydrogen) atoms. The molecule has 1 heteroatoms. The molecular formula is C12H13N. The number of fused-ring (bicyclic) bond motifs is 3. The van der Waals surface area contributed by atoms with E-state index in [1.807, 2.05) is 0 Å². The second-order valence-electron chi connectivity index (χ2n) is 3.85. The first kappa shape index (κ1) is 7.34. The molecule has 0 saturated heterocycles. The Morgan fingerprint density at radius 1 is 1.15 bits per heavy atom. The molecule has 2 heterocycles. The molecule has 0 amide bonds. The monoisotopic (exact) mass is 171 g/mol. The Balaban J connectivity index is 2.05. The molecule has 2 aliphatic heterocycles. The van der Waals surface area contributed by atoms with Crippen molar-refractivity contribution in [2.24, 2.45) is 0 Å². The van der Waals surface area contributed by atoms with Crippen molar-refractivity contribution in [1.29, 1.82) is 0 Å². The third-order valence-corrected chi connectivity index (χ3v) is 3.09. The Kier molecular flexibility index (Phi) is 1.53. The van der Waals surface area contributed by atoms with Gasteiger partial charge in [-0.15, -0.1) is 0 Å². The highest BCUT2D eigenvalue weighted by molar-refractivity contribution is 5.35. The summed E-state index contributed by atoms with van der Waals surface area (Å²) >= 11 is 0. The molecule has 1 aromatic carbocycles. The van der Waals surface area contributed by atoms with E-state index in [-0.39, 0.29) is 0 Å². The Morgan fingerprint density at radius 2 is 2.08 bits per heavy atom. The topological polar surface area (TPSA) is 3.24 Å². The summed E-state index contributed by atoms with van der Waals surface area (Å²) in [5.41, 5.74) is 3.07. The van der Waals surface area contributed by atoms with Crippen LogP contribution in [0.3, 0.4) is 0 Å². The molecule has 0 radical (unpaired) electrons. The van der Waals surface area contributed by atoms with E-state index in [9.17, 15) is 0 Å². The summed E-state index contributed by atoms with van der Waals surface area (Å²) in [4.78, 5) is 2.55. The zero-order valence-electron chi connectivity index (χ0n) is 7.61. The van der Waals surface area contributed by atoms with Gasteiger partial charge in [-0.25, -0.2) is 0 Å². The van der Waals surface area contributed by atoms with E-state index in [0.717, 1.165) is 13.1 Å². The molecule has 0 spiro atoms. The predicted molar refractivity (Wildman–Crippen MR) is 53.4 cm³/mol. The fraction of sp³-hybridized carbons (Fsp3) is 0.333. The van der Waals surface area contributed by atoms with Gasteiger partial charge in [-0.1, -0.05) is 36.4 Å². The quantitative estimate of drug-likeness (QED) is 0.542. The van der Waals surface area contributed by atoms with E-state index in [4.69, 9.17) is 0 Å². The van der Waals surface area contributed by atoms with Crippen molar-refractivity contribution < 1.29 is 0 Å². The zero-order valence-corrected chi connectivity index (χ0v) is 7.61. The summed E-state index contributed by atoms with van der Waals surface area (Å²) in [5, 5.41) is 0. The number of rotatable bonds is 0. The average molecular weight is 171 g/mol. The van der Waals surface area contributed by atoms with Gasteiger partial charge in [-0.3, -0.25) is 4.90 Å². The van der Waals surface area contributed by atoms with E-state index in [2.05, 4.69) is 41.3 Å². The molecular weight excluding hydrogens is 158 g/mol. The van der Waals surface area contributed by atoms with Crippen LogP contribution in [0.2, 0.25) is 0 Å². The first-order valence-electron chi connectivity index (χ1n) is 4.92. The summed E-state index contributed by atoms with van der Waals surface area (Å²) in [5.74, 6) is 0. The fourth-order valence-electron chi connectivity index (χ4n) is 2.43. The summed E-state index contributed by atoms with van der Waals surface area (Å²) < 4.78 is 0. The van der Waals surface area contributed by atoms with Crippen molar-refractivity contribution in [3.05, 3.63) is 47.5 Å². The second kappa shape index (κ2) is 2.71. The van der Waals surface area contributed by atoms with Crippen LogP contribution >= 0.6 is 0 Å². The van der Waals surface area contributed by atoms with E-state index < -0.39 is 0 Å². The lowest BCUT2D eigenvalue weighted by atomic mass is 10.0. The van der Waals surface area contributed by atoms with Crippen LogP contribution in [0.25, 0.3) is 0 Å². The minimum Gasteiger partial charge on any atom is -0.288 e. The van der Waals surface area contributed by atoms with Crippen molar-refractivity contribution >= 4 is 0 Å². The van der Waals surface area contributed by atoms with Crippen LogP contribution < -0.4 is 0 Å². The molecule has 0 N–H and O–H groups in total. The van der Waals surface area contributed by atoms with Crippen molar-refractivity contribution in [3.63, 3.8) is 0 Å². The highest BCUT2D eigenvalue weighted by Gasteiger charge is 2.29. The Bertz CT molecular complexity index is 354. The fourth-order valence-corrected chi connectivity index (χ4v) is 2.43. The zero-order chi connectivity index (χ0) is 8.67. The SMILES string of the molecule is C1=CCN2Cc3ccccc3C2C1. The normalized spacial score (nSPS) is 25.7. The predicted octanol–water partition coefficient (Wildman–Crippen LogP) is 2.50. The summed E-state index contributed by atoms with van der Waals surface area (Å²) in [6, 6.07) is 9.50. The molecule has 2 aliphatic rings. The van der Waals surface area contributed by atoms with Crippen molar-refractivity contribution in [3.8, 4) is 0 Å². The molecule has 1 atom stereocenters. The molecule has 0 aliphatic carbocycles. The van der Waals surface area contributed by atoms with E-state index in [1.54, 1.807) is 5.56 Å². The van der Waals surface area contributed by atoms with Crippen LogP contribution in [-0.2, 0) is 6.54 Å². The molecule has 0 aromatic heterocycles. The standard InChI is InChI=1S/C12H13N/c1-2-6-11-10(5-1)9-13-8-4-3-7-12(11)13/h1-6,12H,7-9H2. The molecule has 1 nitrogen and oxygen atoms in total. The van der Waals surface area contributed by atoms with Crippen molar-refractivity contribution in [2.45, 2.75) is 19.0 Å². The van der Waals surface area contributed by atoms with Crippen LogP contribution in [0.4, 0.5) is 0 Å². The lowest BCUT2D eigenvalue weighted by molar-refractivity contribution is 0.231. The summed E-state index contributed by atoms with van der Waals surface area (Å²) in [6.45, 7) is 2.27. The lowest BCUT2D eigenvalue weighted by Crippen LogP contribution is -2.24. The van der Waals surface area contributed by atoms with Crippen LogP contribution in [0.5, 0.6) is 0 Å². The first-order chi connectivity index (χ1) is 6.45. The maximum Gasteiger partial charge on any atom is 0.0392 e. The molecule has 3 rings (SSSR count). The van der Waals surface area contributed by atoms with Gasteiger partial charge in [0.25, 0.3) is 0 Å². The summed E-state index contributed by atoms with van der Waals surface area (Å²) in [7, 11) is 0. The minimum absolute atomic E-state index is 0.668. The molecule has 0 saturated carbocycles. The third-order valence-electron chi connectivity index (χ3n) is 3.09. The largest absolute Gasteiger partial charge is 0.288 e. The van der Waals surface area contributed by atoms with Gasteiger partial charge in [-0.2, -0.15) is 0 Å². The van der Waals surface area contributed by atoms with E-state index in [0.29, 0.717) is 6.04 Å². The van der Waals surface area contributed by atoms with Crippen LogP contribution in [0.1, 0.15) is 23.6 Å². The highest BCUT2D eigenvalue weighted by atomic mass is 15.2. The average Bonchev–Trinajstić information content (AvgIpc) is 2.56. The van der Waals surface area contributed by atoms with Crippen LogP contribution in [0, 0.1) is 0 Å². The number of hydrogen-bond donors (Lipinski definition) is 0. The van der Waals surface area contributed by atoms with Gasteiger partial charge in [0.1, 0.15) is 0 Å². The van der Waals surface area contributed by atoms with Gasteiger partial charge >= 0.3 is 0 Å². The summed E-state index contributed by atoms with van der Waals surface area (Å²) in [6.07, 6.45) is 5.78. The van der Waals surface area contributed by atoms with Gasteiger partial charge in [-0.05, 0) is 17.5 Å². The number of benzene rings is 1. The highest BCUT2D eigenvalue weighted by Crippen LogP contribution is 2.37. The van der Waals surface area contributed by atoms with Gasteiger partial charge in [0.05, 0.1) is 0 Å². The minimum atomic E-state index is 0.668. The smallest absolute Gasteiger partial charge is 0.0392 e. The van der Waals surface area contributed by atoms with Crippen molar-refractivity contribution in [2.75, 3.05) is 6.54 Å². The van der Waals surface area contributed by atoms with E-state index in [1.165, 1.54) is 12.0 Å². The van der Waals surface area contributed by atoms with Gasteiger partial charge < -0.3 is 0 Å². The van der Waals surface area contributed by atoms with Crippen LogP contribution in [0.15, 0.2) is 36.4 Å². The molecule has 1 aromatic rings. The first-order valence-corrected chi connectivity index (χ1v) is 4.92. The Morgan fingerprint density at radius 3 is 3.08 bits per heavy atom. The maximum atomic E-state index is 2.55. The Labute approximate surface area is 78.7 Å². The van der Waals surface area contributed by atoms with Gasteiger partial charge in [0.2, 0.25) is 0 Å². The molecule has 0 bridgehead atoms. The third kappa shape index (κ3) is 1.04. The molecule has 66 valence electrons. The number of hydrogen-bond acceptors (Lipinski definition) is 1. The molecule has 1 unspecified atom stereocenters. The van der Waals surface area contributed by atoms with Crippen LogP contribution in [-0.4, -0.2) is 11.4 Å². The number of nitrogens with zero attached hydrogens (tertiary/aromatic N) is 1. The van der Waals surface area contributed by atoms with Gasteiger partial charge in [0, 0.05) is 19.1 Å².